The Kier molecular flexibility index (Phi) is 6.85. The zero-order valence-corrected chi connectivity index (χ0v) is 21.3. The molecule has 1 amide bonds. The van der Waals surface area contributed by atoms with E-state index in [1.807, 2.05) is 6.07 Å². The molecular formula is C30H22F3N3O4. The van der Waals surface area contributed by atoms with E-state index in [1.165, 1.54) is 54.1 Å². The minimum Gasteiger partial charge on any atom is -0.465 e. The highest BCUT2D eigenvalue weighted by Crippen LogP contribution is 2.32. The van der Waals surface area contributed by atoms with Crippen molar-refractivity contribution in [2.45, 2.75) is 19.1 Å². The fourth-order valence-corrected chi connectivity index (χ4v) is 4.64. The first-order valence-electron chi connectivity index (χ1n) is 12.2. The number of nitrogens with zero attached hydrogens (tertiary/aromatic N) is 2. The molecule has 0 fully saturated rings. The number of amides is 1. The normalized spacial score (nSPS) is 12.3. The fraction of sp³-hybridized carbons (Fsp3) is 0.133. The molecule has 2 aromatic heterocycles. The molecule has 0 unspecified atom stereocenters. The van der Waals surface area contributed by atoms with Gasteiger partial charge in [-0.2, -0.15) is 13.2 Å². The Morgan fingerprint density at radius 2 is 1.70 bits per heavy atom. The second-order valence-corrected chi connectivity index (χ2v) is 9.09. The van der Waals surface area contributed by atoms with E-state index in [9.17, 15) is 27.6 Å². The van der Waals surface area contributed by atoms with Crippen molar-refractivity contribution in [3.63, 3.8) is 0 Å². The molecule has 7 nitrogen and oxygen atoms in total. The number of aromatic nitrogens is 2. The molecule has 0 radical (unpaired) electrons. The number of halogens is 3. The minimum atomic E-state index is -4.54. The molecule has 2 heterocycles. The topological polar surface area (TPSA) is 90.3 Å². The van der Waals surface area contributed by atoms with Crippen LogP contribution in [0.3, 0.4) is 0 Å². The highest BCUT2D eigenvalue weighted by Gasteiger charge is 2.30. The molecule has 0 spiro atoms. The van der Waals surface area contributed by atoms with Crippen LogP contribution < -0.4 is 10.9 Å². The molecule has 0 aliphatic heterocycles. The van der Waals surface area contributed by atoms with Crippen molar-refractivity contribution in [2.24, 2.45) is 0 Å². The SMILES string of the molecule is COC(=O)c1cccc2c(=O)n(-c3ccc(C(F)(F)F)cc3)c3ccc(C(=O)N[C@@H](C)c4ccccn4)cc3c12. The van der Waals surface area contributed by atoms with E-state index in [4.69, 9.17) is 4.74 Å². The molecule has 0 aliphatic rings. The predicted octanol–water partition coefficient (Wildman–Crippen LogP) is 5.84. The molecule has 202 valence electrons. The molecule has 1 atom stereocenters. The molecule has 0 saturated carbocycles. The first-order valence-corrected chi connectivity index (χ1v) is 12.2. The summed E-state index contributed by atoms with van der Waals surface area (Å²) in [4.78, 5) is 43.9. The number of hydrogen-bond donors (Lipinski definition) is 1. The number of rotatable bonds is 5. The van der Waals surface area contributed by atoms with E-state index >= 15 is 0 Å². The summed E-state index contributed by atoms with van der Waals surface area (Å²) >= 11 is 0. The number of nitrogens with one attached hydrogen (secondary N) is 1. The number of pyridine rings is 2. The van der Waals surface area contributed by atoms with Crippen molar-refractivity contribution >= 4 is 33.6 Å². The molecule has 0 bridgehead atoms. The van der Waals surface area contributed by atoms with Crippen molar-refractivity contribution in [1.29, 1.82) is 0 Å². The third-order valence-electron chi connectivity index (χ3n) is 6.60. The Bertz CT molecular complexity index is 1820. The van der Waals surface area contributed by atoms with Crippen molar-refractivity contribution in [2.75, 3.05) is 7.11 Å². The summed E-state index contributed by atoms with van der Waals surface area (Å²) in [7, 11) is 1.21. The Morgan fingerprint density at radius 1 is 0.950 bits per heavy atom. The van der Waals surface area contributed by atoms with Crippen LogP contribution in [-0.4, -0.2) is 28.5 Å². The van der Waals surface area contributed by atoms with Crippen LogP contribution in [0.2, 0.25) is 0 Å². The smallest absolute Gasteiger partial charge is 0.416 e. The molecule has 3 aromatic carbocycles. The number of benzene rings is 3. The molecule has 5 aromatic rings. The lowest BCUT2D eigenvalue weighted by atomic mass is 9.98. The number of esters is 1. The maximum atomic E-state index is 13.7. The third-order valence-corrected chi connectivity index (χ3v) is 6.60. The molecular weight excluding hydrogens is 523 g/mol. The van der Waals surface area contributed by atoms with E-state index in [-0.39, 0.29) is 27.6 Å². The maximum Gasteiger partial charge on any atom is 0.416 e. The minimum absolute atomic E-state index is 0.112. The first kappa shape index (κ1) is 26.6. The van der Waals surface area contributed by atoms with Gasteiger partial charge >= 0.3 is 12.1 Å². The van der Waals surface area contributed by atoms with E-state index in [0.29, 0.717) is 16.6 Å². The molecule has 5 rings (SSSR count). The Hall–Kier alpha value is -4.99. The second-order valence-electron chi connectivity index (χ2n) is 9.09. The summed E-state index contributed by atoms with van der Waals surface area (Å²) in [6.07, 6.45) is -2.92. The van der Waals surface area contributed by atoms with Crippen molar-refractivity contribution in [3.05, 3.63) is 118 Å². The van der Waals surface area contributed by atoms with Gasteiger partial charge in [0.15, 0.2) is 0 Å². The molecule has 1 N–H and O–H groups in total. The summed E-state index contributed by atoms with van der Waals surface area (Å²) in [5, 5.41) is 3.66. The van der Waals surface area contributed by atoms with Crippen LogP contribution in [0.4, 0.5) is 13.2 Å². The zero-order chi connectivity index (χ0) is 28.6. The van der Waals surface area contributed by atoms with Crippen LogP contribution in [0, 0.1) is 0 Å². The summed E-state index contributed by atoms with van der Waals surface area (Å²) in [6, 6.07) is 18.3. The summed E-state index contributed by atoms with van der Waals surface area (Å²) < 4.78 is 45.7. The van der Waals surface area contributed by atoms with Crippen LogP contribution in [0.25, 0.3) is 27.4 Å². The van der Waals surface area contributed by atoms with Gasteiger partial charge in [0.05, 0.1) is 35.5 Å². The number of methoxy groups -OCH3 is 1. The molecule has 10 heteroatoms. The highest BCUT2D eigenvalue weighted by atomic mass is 19.4. The predicted molar refractivity (Wildman–Crippen MR) is 144 cm³/mol. The van der Waals surface area contributed by atoms with Crippen molar-refractivity contribution < 1.29 is 27.5 Å². The largest absolute Gasteiger partial charge is 0.465 e. The average Bonchev–Trinajstić information content (AvgIpc) is 2.96. The number of carbonyl (C=O) groups is 2. The van der Waals surface area contributed by atoms with Crippen LogP contribution in [0.15, 0.2) is 89.9 Å². The average molecular weight is 546 g/mol. The van der Waals surface area contributed by atoms with Gasteiger partial charge in [-0.15, -0.1) is 0 Å². The van der Waals surface area contributed by atoms with Gasteiger partial charge < -0.3 is 10.1 Å². The lowest BCUT2D eigenvalue weighted by Gasteiger charge is -2.17. The fourth-order valence-electron chi connectivity index (χ4n) is 4.64. The maximum absolute atomic E-state index is 13.7. The van der Waals surface area contributed by atoms with Gasteiger partial charge in [-0.05, 0) is 73.7 Å². The second kappa shape index (κ2) is 10.3. The number of ether oxygens (including phenoxy) is 1. The van der Waals surface area contributed by atoms with E-state index in [1.54, 1.807) is 31.3 Å². The van der Waals surface area contributed by atoms with Crippen LogP contribution in [0.1, 0.15) is 44.9 Å². The zero-order valence-electron chi connectivity index (χ0n) is 21.3. The van der Waals surface area contributed by atoms with Gasteiger partial charge in [0, 0.05) is 33.6 Å². The van der Waals surface area contributed by atoms with Gasteiger partial charge in [-0.3, -0.25) is 19.1 Å². The monoisotopic (exact) mass is 545 g/mol. The number of hydrogen-bond acceptors (Lipinski definition) is 5. The van der Waals surface area contributed by atoms with Crippen molar-refractivity contribution in [1.82, 2.24) is 14.9 Å². The van der Waals surface area contributed by atoms with E-state index in [2.05, 4.69) is 10.3 Å². The lowest BCUT2D eigenvalue weighted by molar-refractivity contribution is -0.137. The highest BCUT2D eigenvalue weighted by molar-refractivity contribution is 6.17. The molecule has 0 saturated heterocycles. The first-order chi connectivity index (χ1) is 19.1. The summed E-state index contributed by atoms with van der Waals surface area (Å²) in [5.74, 6) is -1.10. The van der Waals surface area contributed by atoms with Crippen LogP contribution in [0.5, 0.6) is 0 Å². The quantitative estimate of drug-likeness (QED) is 0.222. The van der Waals surface area contributed by atoms with E-state index < -0.39 is 35.2 Å². The van der Waals surface area contributed by atoms with Gasteiger partial charge in [0.1, 0.15) is 0 Å². The molecule has 0 aliphatic carbocycles. The van der Waals surface area contributed by atoms with Crippen LogP contribution in [-0.2, 0) is 10.9 Å². The van der Waals surface area contributed by atoms with Gasteiger partial charge in [0.25, 0.3) is 11.5 Å². The van der Waals surface area contributed by atoms with E-state index in [0.717, 1.165) is 12.1 Å². The summed E-state index contributed by atoms with van der Waals surface area (Å²) in [5.41, 5.74) is 0.0933. The Balaban J connectivity index is 1.73. The van der Waals surface area contributed by atoms with Crippen LogP contribution >= 0.6 is 0 Å². The number of carbonyl (C=O) groups excluding carboxylic acids is 2. The van der Waals surface area contributed by atoms with Crippen molar-refractivity contribution in [3.8, 4) is 5.69 Å². The Morgan fingerprint density at radius 3 is 2.35 bits per heavy atom. The van der Waals surface area contributed by atoms with Gasteiger partial charge in [0.2, 0.25) is 0 Å². The standard InChI is InChI=1S/C30H22F3N3O4/c1-17(24-8-3-4-15-34-24)35-27(37)18-9-14-25-23(16-18)26-21(6-5-7-22(26)29(39)40-2)28(38)36(25)20-12-10-19(11-13-20)30(31,32)33/h3-17H,1-2H3,(H,35,37)/t17-/m0/s1. The van der Waals surface area contributed by atoms with Gasteiger partial charge in [-0.25, -0.2) is 4.79 Å². The Labute approximate surface area is 225 Å². The summed E-state index contributed by atoms with van der Waals surface area (Å²) in [6.45, 7) is 1.79. The third kappa shape index (κ3) is 4.79. The van der Waals surface area contributed by atoms with Gasteiger partial charge in [-0.1, -0.05) is 12.1 Å². The molecule has 40 heavy (non-hydrogen) atoms. The number of alkyl halides is 3. The lowest BCUT2D eigenvalue weighted by Crippen LogP contribution is -2.27. The number of fused-ring (bicyclic) bond motifs is 3.